The zero-order chi connectivity index (χ0) is 23.4. The van der Waals surface area contributed by atoms with E-state index in [9.17, 15) is 18.0 Å². The van der Waals surface area contributed by atoms with Gasteiger partial charge in [0, 0.05) is 57.7 Å². The summed E-state index contributed by atoms with van der Waals surface area (Å²) < 4.78 is 38.9. The average molecular weight is 481 g/mol. The number of nitrogens with zero attached hydrogens (tertiary/aromatic N) is 2. The second kappa shape index (κ2) is 10.3. The van der Waals surface area contributed by atoms with Gasteiger partial charge in [-0.15, -0.1) is 0 Å². The molecule has 1 saturated carbocycles. The average Bonchev–Trinajstić information content (AvgIpc) is 3.64. The molecule has 0 spiro atoms. The molecule has 1 atom stereocenters. The Bertz CT molecular complexity index is 973. The van der Waals surface area contributed by atoms with E-state index in [4.69, 9.17) is 9.47 Å². The third-order valence-corrected chi connectivity index (χ3v) is 7.64. The van der Waals surface area contributed by atoms with Gasteiger partial charge in [-0.25, -0.2) is 13.1 Å². The van der Waals surface area contributed by atoms with E-state index in [1.807, 2.05) is 6.92 Å². The van der Waals surface area contributed by atoms with E-state index in [2.05, 4.69) is 14.9 Å². The van der Waals surface area contributed by atoms with Gasteiger partial charge >= 0.3 is 0 Å². The van der Waals surface area contributed by atoms with Crippen LogP contribution >= 0.6 is 0 Å². The number of rotatable bonds is 8. The van der Waals surface area contributed by atoms with Crippen molar-refractivity contribution in [3.05, 3.63) is 18.2 Å². The number of hydrogen-bond acceptors (Lipinski definition) is 7. The van der Waals surface area contributed by atoms with Crippen molar-refractivity contribution in [2.75, 3.05) is 45.9 Å². The molecule has 1 aromatic rings. The lowest BCUT2D eigenvalue weighted by atomic mass is 10.2. The van der Waals surface area contributed by atoms with Crippen molar-refractivity contribution in [2.24, 2.45) is 0 Å². The van der Waals surface area contributed by atoms with Gasteiger partial charge in [0.1, 0.15) is 0 Å². The number of hydrogen-bond donors (Lipinski definition) is 2. The van der Waals surface area contributed by atoms with Crippen LogP contribution in [-0.4, -0.2) is 88.1 Å². The first-order valence-electron chi connectivity index (χ1n) is 11.5. The maximum absolute atomic E-state index is 12.6. The van der Waals surface area contributed by atoms with E-state index >= 15 is 0 Å². The molecule has 2 fully saturated rings. The molecular weight excluding hydrogens is 448 g/mol. The first kappa shape index (κ1) is 23.8. The summed E-state index contributed by atoms with van der Waals surface area (Å²) in [7, 11) is -3.78. The van der Waals surface area contributed by atoms with Crippen LogP contribution in [0.4, 0.5) is 0 Å². The van der Waals surface area contributed by atoms with Gasteiger partial charge in [0.2, 0.25) is 21.8 Å². The molecule has 0 radical (unpaired) electrons. The van der Waals surface area contributed by atoms with Crippen molar-refractivity contribution in [1.29, 1.82) is 0 Å². The number of amides is 2. The maximum Gasteiger partial charge on any atom is 0.240 e. The predicted octanol–water partition coefficient (Wildman–Crippen LogP) is 0.328. The van der Waals surface area contributed by atoms with E-state index in [1.54, 1.807) is 11.0 Å². The molecule has 10 nitrogen and oxygen atoms in total. The van der Waals surface area contributed by atoms with Crippen molar-refractivity contribution in [3.63, 3.8) is 0 Å². The summed E-state index contributed by atoms with van der Waals surface area (Å²) in [6.45, 7) is 5.18. The lowest BCUT2D eigenvalue weighted by Gasteiger charge is -2.37. The normalized spacial score (nSPS) is 20.1. The van der Waals surface area contributed by atoms with Gasteiger partial charge in [0.25, 0.3) is 0 Å². The Hall–Kier alpha value is -2.37. The molecule has 1 aromatic carbocycles. The number of nitrogens with one attached hydrogen (secondary N) is 2. The molecule has 1 aliphatic carbocycles. The molecule has 2 heterocycles. The first-order chi connectivity index (χ1) is 15.8. The summed E-state index contributed by atoms with van der Waals surface area (Å²) in [5.74, 6) is 0.872. The summed E-state index contributed by atoms with van der Waals surface area (Å²) in [6.07, 6.45) is 2.91. The zero-order valence-corrected chi connectivity index (χ0v) is 19.7. The van der Waals surface area contributed by atoms with Crippen LogP contribution < -0.4 is 19.5 Å². The van der Waals surface area contributed by atoms with Crippen LogP contribution in [0.1, 0.15) is 32.6 Å². The van der Waals surface area contributed by atoms with E-state index in [1.165, 1.54) is 12.1 Å². The highest BCUT2D eigenvalue weighted by atomic mass is 32.2. The Morgan fingerprint density at radius 1 is 1.09 bits per heavy atom. The maximum atomic E-state index is 12.6. The molecule has 2 aliphatic heterocycles. The van der Waals surface area contributed by atoms with E-state index in [0.29, 0.717) is 56.9 Å². The molecule has 33 heavy (non-hydrogen) atoms. The second-order valence-electron chi connectivity index (χ2n) is 8.68. The minimum absolute atomic E-state index is 0.00994. The van der Waals surface area contributed by atoms with Crippen molar-refractivity contribution >= 4 is 21.8 Å². The van der Waals surface area contributed by atoms with Gasteiger partial charge in [-0.3, -0.25) is 14.5 Å². The van der Waals surface area contributed by atoms with Crippen LogP contribution in [0.15, 0.2) is 23.1 Å². The molecule has 1 saturated heterocycles. The zero-order valence-electron chi connectivity index (χ0n) is 18.9. The van der Waals surface area contributed by atoms with Gasteiger partial charge in [0.05, 0.1) is 24.2 Å². The molecule has 3 aliphatic rings. The Balaban J connectivity index is 1.22. The third kappa shape index (κ3) is 6.15. The summed E-state index contributed by atoms with van der Waals surface area (Å²) in [5.41, 5.74) is 0. The summed E-state index contributed by atoms with van der Waals surface area (Å²) >= 11 is 0. The molecule has 0 aromatic heterocycles. The van der Waals surface area contributed by atoms with Crippen LogP contribution in [0, 0.1) is 0 Å². The van der Waals surface area contributed by atoms with Crippen LogP contribution in [-0.2, 0) is 19.6 Å². The molecule has 2 N–H and O–H groups in total. The molecule has 0 bridgehead atoms. The summed E-state index contributed by atoms with van der Waals surface area (Å²) in [4.78, 5) is 28.7. The fourth-order valence-corrected chi connectivity index (χ4v) is 4.97. The molecule has 2 amide bonds. The summed E-state index contributed by atoms with van der Waals surface area (Å²) in [6, 6.07) is 4.62. The van der Waals surface area contributed by atoms with E-state index < -0.39 is 10.0 Å². The number of carbonyl (C=O) groups excluding carboxylic acids is 2. The minimum atomic E-state index is -3.78. The highest BCUT2D eigenvalue weighted by Gasteiger charge is 2.31. The number of carbonyl (C=O) groups is 2. The van der Waals surface area contributed by atoms with Gasteiger partial charge in [-0.2, -0.15) is 0 Å². The standard InChI is InChI=1S/C22H32N4O6S/c1-16(22(28)24-17-3-4-17)25-9-11-26(12-10-25)21(27)7-8-23-33(29,30)18-5-6-19-20(15-18)32-14-2-13-31-19/h5-6,15-17,23H,2-4,7-14H2,1H3,(H,24,28). The number of piperazine rings is 1. The second-order valence-corrected chi connectivity index (χ2v) is 10.4. The van der Waals surface area contributed by atoms with Gasteiger partial charge in [-0.05, 0) is 31.9 Å². The smallest absolute Gasteiger partial charge is 0.240 e. The van der Waals surface area contributed by atoms with Crippen LogP contribution in [0.25, 0.3) is 0 Å². The quantitative estimate of drug-likeness (QED) is 0.551. The first-order valence-corrected chi connectivity index (χ1v) is 13.0. The SMILES string of the molecule is CC(C(=O)NC1CC1)N1CCN(C(=O)CCNS(=O)(=O)c2ccc3c(c2)OCCCO3)CC1. The number of benzene rings is 1. The number of ether oxygens (including phenoxy) is 2. The predicted molar refractivity (Wildman–Crippen MR) is 121 cm³/mol. The van der Waals surface area contributed by atoms with Crippen LogP contribution in [0.5, 0.6) is 11.5 Å². The highest BCUT2D eigenvalue weighted by Crippen LogP contribution is 2.31. The van der Waals surface area contributed by atoms with E-state index in [0.717, 1.165) is 19.3 Å². The molecular formula is C22H32N4O6S. The number of sulfonamides is 1. The summed E-state index contributed by atoms with van der Waals surface area (Å²) in [5, 5.41) is 3.02. The highest BCUT2D eigenvalue weighted by molar-refractivity contribution is 7.89. The molecule has 11 heteroatoms. The number of fused-ring (bicyclic) bond motifs is 1. The lowest BCUT2D eigenvalue weighted by Crippen LogP contribution is -2.55. The molecule has 4 rings (SSSR count). The molecule has 1 unspecified atom stereocenters. The largest absolute Gasteiger partial charge is 0.490 e. The Morgan fingerprint density at radius 2 is 1.79 bits per heavy atom. The fourth-order valence-electron chi connectivity index (χ4n) is 3.92. The van der Waals surface area contributed by atoms with Gasteiger partial charge < -0.3 is 19.7 Å². The Morgan fingerprint density at radius 3 is 2.48 bits per heavy atom. The van der Waals surface area contributed by atoms with Crippen molar-refractivity contribution in [2.45, 2.75) is 49.6 Å². The van der Waals surface area contributed by atoms with Gasteiger partial charge in [0.15, 0.2) is 11.5 Å². The van der Waals surface area contributed by atoms with Crippen LogP contribution in [0.3, 0.4) is 0 Å². The topological polar surface area (TPSA) is 117 Å². The lowest BCUT2D eigenvalue weighted by molar-refractivity contribution is -0.134. The monoisotopic (exact) mass is 480 g/mol. The van der Waals surface area contributed by atoms with Crippen molar-refractivity contribution in [1.82, 2.24) is 19.8 Å². The Labute approximate surface area is 194 Å². The van der Waals surface area contributed by atoms with Gasteiger partial charge in [-0.1, -0.05) is 0 Å². The fraction of sp³-hybridized carbons (Fsp3) is 0.636. The van der Waals surface area contributed by atoms with Crippen molar-refractivity contribution in [3.8, 4) is 11.5 Å². The minimum Gasteiger partial charge on any atom is -0.490 e. The molecule has 182 valence electrons. The van der Waals surface area contributed by atoms with Crippen molar-refractivity contribution < 1.29 is 27.5 Å². The Kier molecular flexibility index (Phi) is 7.40. The third-order valence-electron chi connectivity index (χ3n) is 6.18. The van der Waals surface area contributed by atoms with Crippen LogP contribution in [0.2, 0.25) is 0 Å². The van der Waals surface area contributed by atoms with E-state index in [-0.39, 0.29) is 35.7 Å².